The van der Waals surface area contributed by atoms with E-state index in [0.29, 0.717) is 0 Å². The molecule has 0 aromatic rings. The molecular formula is C6H13NO3. The molecule has 0 aromatic carbocycles. The summed E-state index contributed by atoms with van der Waals surface area (Å²) >= 11 is 0. The zero-order chi connectivity index (χ0) is 8.15. The van der Waals surface area contributed by atoms with E-state index in [2.05, 4.69) is 0 Å². The fourth-order valence-corrected chi connectivity index (χ4v) is 0.600. The molecule has 0 bridgehead atoms. The van der Waals surface area contributed by atoms with Crippen molar-refractivity contribution in [3.63, 3.8) is 0 Å². The minimum atomic E-state index is -1.27. The van der Waals surface area contributed by atoms with Crippen molar-refractivity contribution in [3.8, 4) is 0 Å². The Kier molecular flexibility index (Phi) is 4.18. The molecule has 0 saturated heterocycles. The van der Waals surface area contributed by atoms with Crippen molar-refractivity contribution in [1.29, 1.82) is 0 Å². The van der Waals surface area contributed by atoms with E-state index >= 15 is 0 Å². The summed E-state index contributed by atoms with van der Waals surface area (Å²) in [6.07, 6.45) is -2.04. The lowest BCUT2D eigenvalue weighted by Crippen LogP contribution is -2.33. The number of aliphatic hydroxyl groups is 2. The Bertz CT molecular complexity index is 116. The average Bonchev–Trinajstić information content (AvgIpc) is 1.87. The Morgan fingerprint density at radius 3 is 2.40 bits per heavy atom. The highest BCUT2D eigenvalue weighted by Gasteiger charge is 2.18. The predicted molar refractivity (Wildman–Crippen MR) is 36.4 cm³/mol. The Balaban J connectivity index is 3.69. The molecule has 0 amide bonds. The van der Waals surface area contributed by atoms with Crippen molar-refractivity contribution in [3.05, 3.63) is 0 Å². The quantitative estimate of drug-likeness (QED) is 0.459. The number of aliphatic hydroxyl groups excluding tert-OH is 2. The molecule has 10 heavy (non-hydrogen) atoms. The highest BCUT2D eigenvalue weighted by molar-refractivity contribution is 5.80. The number of carbonyl (C=O) groups is 1. The van der Waals surface area contributed by atoms with Crippen molar-refractivity contribution < 1.29 is 15.0 Å². The summed E-state index contributed by atoms with van der Waals surface area (Å²) in [5.74, 6) is -0.430. The van der Waals surface area contributed by atoms with Crippen LogP contribution in [0.15, 0.2) is 0 Å². The van der Waals surface area contributed by atoms with Crippen LogP contribution in [0.2, 0.25) is 0 Å². The van der Waals surface area contributed by atoms with Crippen LogP contribution < -0.4 is 5.73 Å². The van der Waals surface area contributed by atoms with Crippen LogP contribution in [-0.2, 0) is 4.79 Å². The largest absolute Gasteiger partial charge is 0.390 e. The molecule has 60 valence electrons. The SMILES string of the molecule is CC(=O)[C@@H](O)C(O)CCN. The molecule has 4 nitrogen and oxygen atoms in total. The zero-order valence-corrected chi connectivity index (χ0v) is 5.95. The number of Topliss-reactive ketones (excluding diaryl/α,β-unsaturated/α-hetero) is 1. The Labute approximate surface area is 59.7 Å². The fraction of sp³-hybridized carbons (Fsp3) is 0.833. The monoisotopic (exact) mass is 147 g/mol. The second-order valence-corrected chi connectivity index (χ2v) is 2.20. The van der Waals surface area contributed by atoms with Crippen molar-refractivity contribution in [2.24, 2.45) is 5.73 Å². The van der Waals surface area contributed by atoms with E-state index in [9.17, 15) is 4.79 Å². The molecule has 0 heterocycles. The smallest absolute Gasteiger partial charge is 0.160 e. The molecule has 1 unspecified atom stereocenters. The van der Waals surface area contributed by atoms with E-state index < -0.39 is 18.0 Å². The van der Waals surface area contributed by atoms with Gasteiger partial charge in [-0.05, 0) is 19.9 Å². The van der Waals surface area contributed by atoms with Crippen molar-refractivity contribution >= 4 is 5.78 Å². The molecule has 0 aliphatic rings. The van der Waals surface area contributed by atoms with Gasteiger partial charge in [-0.2, -0.15) is 0 Å². The third-order valence-corrected chi connectivity index (χ3v) is 1.24. The summed E-state index contributed by atoms with van der Waals surface area (Å²) in [6.45, 7) is 1.50. The number of hydrogen-bond donors (Lipinski definition) is 3. The van der Waals surface area contributed by atoms with E-state index in [-0.39, 0.29) is 13.0 Å². The molecule has 4 heteroatoms. The Morgan fingerprint density at radius 2 is 2.10 bits per heavy atom. The van der Waals surface area contributed by atoms with Crippen LogP contribution in [0.4, 0.5) is 0 Å². The number of hydrogen-bond acceptors (Lipinski definition) is 4. The lowest BCUT2D eigenvalue weighted by Gasteiger charge is -2.12. The Morgan fingerprint density at radius 1 is 1.60 bits per heavy atom. The highest BCUT2D eigenvalue weighted by Crippen LogP contribution is 1.97. The standard InChI is InChI=1S/C6H13NO3/c1-4(8)6(10)5(9)2-3-7/h5-6,9-10H,2-3,7H2,1H3/t5?,6-/m1/s1. The summed E-state index contributed by atoms with van der Waals surface area (Å²) in [4.78, 5) is 10.4. The van der Waals surface area contributed by atoms with E-state index in [1.165, 1.54) is 6.92 Å². The highest BCUT2D eigenvalue weighted by atomic mass is 16.3. The predicted octanol–water partition coefficient (Wildman–Crippen LogP) is -1.35. The van der Waals surface area contributed by atoms with E-state index in [4.69, 9.17) is 15.9 Å². The first-order valence-corrected chi connectivity index (χ1v) is 3.16. The van der Waals surface area contributed by atoms with Gasteiger partial charge in [-0.3, -0.25) is 4.79 Å². The molecule has 0 aromatic heterocycles. The zero-order valence-electron chi connectivity index (χ0n) is 5.95. The summed E-state index contributed by atoms with van der Waals surface area (Å²) < 4.78 is 0. The van der Waals surface area contributed by atoms with Gasteiger partial charge in [0.15, 0.2) is 5.78 Å². The Hall–Kier alpha value is -0.450. The fourth-order valence-electron chi connectivity index (χ4n) is 0.600. The molecule has 0 fully saturated rings. The normalized spacial score (nSPS) is 16.4. The van der Waals surface area contributed by atoms with Crippen LogP contribution in [0.3, 0.4) is 0 Å². The van der Waals surface area contributed by atoms with Gasteiger partial charge in [0.25, 0.3) is 0 Å². The van der Waals surface area contributed by atoms with Crippen molar-refractivity contribution in [1.82, 2.24) is 0 Å². The van der Waals surface area contributed by atoms with Gasteiger partial charge in [0.05, 0.1) is 6.10 Å². The summed E-state index contributed by atoms with van der Waals surface area (Å²) in [5, 5.41) is 17.8. The van der Waals surface area contributed by atoms with Crippen molar-refractivity contribution in [2.45, 2.75) is 25.6 Å². The van der Waals surface area contributed by atoms with Crippen LogP contribution in [0.5, 0.6) is 0 Å². The molecular weight excluding hydrogens is 134 g/mol. The number of ketones is 1. The van der Waals surface area contributed by atoms with Gasteiger partial charge in [0, 0.05) is 0 Å². The minimum absolute atomic E-state index is 0.251. The average molecular weight is 147 g/mol. The lowest BCUT2D eigenvalue weighted by atomic mass is 10.1. The molecule has 0 aliphatic heterocycles. The van der Waals surface area contributed by atoms with Crippen LogP contribution in [0.1, 0.15) is 13.3 Å². The molecule has 0 spiro atoms. The number of nitrogens with two attached hydrogens (primary N) is 1. The second-order valence-electron chi connectivity index (χ2n) is 2.20. The van der Waals surface area contributed by atoms with Gasteiger partial charge in [0.2, 0.25) is 0 Å². The summed E-state index contributed by atoms with van der Waals surface area (Å²) in [7, 11) is 0. The second kappa shape index (κ2) is 4.38. The van der Waals surface area contributed by atoms with Gasteiger partial charge in [-0.15, -0.1) is 0 Å². The molecule has 0 aliphatic carbocycles. The van der Waals surface area contributed by atoms with Gasteiger partial charge >= 0.3 is 0 Å². The third-order valence-electron chi connectivity index (χ3n) is 1.24. The van der Waals surface area contributed by atoms with E-state index in [0.717, 1.165) is 0 Å². The maximum absolute atomic E-state index is 10.4. The number of rotatable bonds is 4. The number of carbonyl (C=O) groups excluding carboxylic acids is 1. The topological polar surface area (TPSA) is 83.5 Å². The maximum Gasteiger partial charge on any atom is 0.160 e. The molecule has 2 atom stereocenters. The van der Waals surface area contributed by atoms with Gasteiger partial charge in [-0.1, -0.05) is 0 Å². The third kappa shape index (κ3) is 2.91. The van der Waals surface area contributed by atoms with Gasteiger partial charge < -0.3 is 15.9 Å². The first-order valence-electron chi connectivity index (χ1n) is 3.16. The molecule has 4 N–H and O–H groups in total. The maximum atomic E-state index is 10.4. The van der Waals surface area contributed by atoms with Crippen LogP contribution >= 0.6 is 0 Å². The lowest BCUT2D eigenvalue weighted by molar-refractivity contribution is -0.130. The first kappa shape index (κ1) is 9.55. The minimum Gasteiger partial charge on any atom is -0.390 e. The van der Waals surface area contributed by atoms with E-state index in [1.54, 1.807) is 0 Å². The van der Waals surface area contributed by atoms with Gasteiger partial charge in [-0.25, -0.2) is 0 Å². The molecule has 0 rings (SSSR count). The first-order chi connectivity index (χ1) is 4.59. The molecule has 0 saturated carbocycles. The van der Waals surface area contributed by atoms with Crippen LogP contribution in [-0.4, -0.2) is 34.7 Å². The van der Waals surface area contributed by atoms with Gasteiger partial charge in [0.1, 0.15) is 6.10 Å². The molecule has 0 radical (unpaired) electrons. The van der Waals surface area contributed by atoms with Crippen molar-refractivity contribution in [2.75, 3.05) is 6.54 Å². The summed E-state index contributed by atoms with van der Waals surface area (Å²) in [5.41, 5.74) is 5.08. The van der Waals surface area contributed by atoms with Crippen LogP contribution in [0, 0.1) is 0 Å². The van der Waals surface area contributed by atoms with E-state index in [1.807, 2.05) is 0 Å². The van der Waals surface area contributed by atoms with Crippen LogP contribution in [0.25, 0.3) is 0 Å². The summed E-state index contributed by atoms with van der Waals surface area (Å²) in [6, 6.07) is 0.